The summed E-state index contributed by atoms with van der Waals surface area (Å²) in [6.07, 6.45) is 3.76. The molecule has 0 aliphatic rings. The van der Waals surface area contributed by atoms with E-state index in [1.807, 2.05) is 6.92 Å². The number of ether oxygens (including phenoxy) is 1. The smallest absolute Gasteiger partial charge is 0.125 e. The molecule has 0 unspecified atom stereocenters. The van der Waals surface area contributed by atoms with Crippen molar-refractivity contribution in [2.75, 3.05) is 6.61 Å². The van der Waals surface area contributed by atoms with Gasteiger partial charge in [-0.2, -0.15) is 0 Å². The summed E-state index contributed by atoms with van der Waals surface area (Å²) in [5.74, 6) is 0.782. The Morgan fingerprint density at radius 2 is 2.06 bits per heavy atom. The van der Waals surface area contributed by atoms with Crippen LogP contribution in [-0.4, -0.2) is 22.6 Å². The van der Waals surface area contributed by atoms with Crippen molar-refractivity contribution >= 4 is 5.71 Å². The van der Waals surface area contributed by atoms with Crippen LogP contribution in [0, 0.1) is 0 Å². The van der Waals surface area contributed by atoms with Crippen molar-refractivity contribution in [1.29, 1.82) is 0 Å². The minimum atomic E-state index is 0.114. The summed E-state index contributed by atoms with van der Waals surface area (Å²) in [6.45, 7) is 4.57. The van der Waals surface area contributed by atoms with Gasteiger partial charge in [0.25, 0.3) is 0 Å². The maximum Gasteiger partial charge on any atom is 0.125 e. The van der Waals surface area contributed by atoms with E-state index in [0.717, 1.165) is 19.3 Å². The summed E-state index contributed by atoms with van der Waals surface area (Å²) < 4.78 is 5.37. The Kier molecular flexibility index (Phi) is 6.05. The number of oxime groups is 1. The number of unbranched alkanes of at least 4 members (excludes halogenated alkanes) is 2. The molecule has 4 heteroatoms. The Morgan fingerprint density at radius 1 is 1.28 bits per heavy atom. The lowest BCUT2D eigenvalue weighted by atomic mass is 10.0. The molecule has 0 aromatic heterocycles. The summed E-state index contributed by atoms with van der Waals surface area (Å²) in [6, 6.07) is 4.97. The third-order valence-corrected chi connectivity index (χ3v) is 2.73. The highest BCUT2D eigenvalue weighted by atomic mass is 16.5. The molecule has 1 aromatic rings. The van der Waals surface area contributed by atoms with E-state index in [2.05, 4.69) is 12.1 Å². The maximum absolute atomic E-state index is 9.81. The predicted octanol–water partition coefficient (Wildman–Crippen LogP) is 3.55. The highest BCUT2D eigenvalue weighted by Gasteiger charge is 2.11. The topological polar surface area (TPSA) is 62.1 Å². The first-order valence-corrected chi connectivity index (χ1v) is 6.40. The van der Waals surface area contributed by atoms with Crippen LogP contribution in [-0.2, 0) is 0 Å². The normalized spacial score (nSPS) is 11.6. The molecular weight excluding hydrogens is 230 g/mol. The van der Waals surface area contributed by atoms with E-state index in [4.69, 9.17) is 9.94 Å². The number of rotatable bonds is 7. The van der Waals surface area contributed by atoms with Gasteiger partial charge in [0.15, 0.2) is 0 Å². The average molecular weight is 251 g/mol. The summed E-state index contributed by atoms with van der Waals surface area (Å²) in [5, 5.41) is 22.2. The quantitative estimate of drug-likeness (QED) is 0.337. The fourth-order valence-electron chi connectivity index (χ4n) is 1.78. The highest BCUT2D eigenvalue weighted by molar-refractivity contribution is 6.02. The van der Waals surface area contributed by atoms with Crippen molar-refractivity contribution in [3.8, 4) is 11.5 Å². The second kappa shape index (κ2) is 7.58. The fourth-order valence-corrected chi connectivity index (χ4v) is 1.78. The molecule has 100 valence electrons. The van der Waals surface area contributed by atoms with Crippen LogP contribution in [0.25, 0.3) is 0 Å². The van der Waals surface area contributed by atoms with Gasteiger partial charge >= 0.3 is 0 Å². The Labute approximate surface area is 108 Å². The standard InChI is InChI=1S/C14H21NO3/c1-3-5-6-7-13(15-17)12-10-11(18-4-2)8-9-14(12)16/h8-10,16-17H,3-7H2,1-2H3/b15-13+. The van der Waals surface area contributed by atoms with Crippen LogP contribution in [0.4, 0.5) is 0 Å². The molecule has 0 fully saturated rings. The van der Waals surface area contributed by atoms with E-state index in [0.29, 0.717) is 30.1 Å². The molecule has 0 aliphatic carbocycles. The lowest BCUT2D eigenvalue weighted by Crippen LogP contribution is -2.03. The Morgan fingerprint density at radius 3 is 2.67 bits per heavy atom. The molecule has 1 aromatic carbocycles. The van der Waals surface area contributed by atoms with Gasteiger partial charge in [0.05, 0.1) is 12.3 Å². The minimum Gasteiger partial charge on any atom is -0.507 e. The lowest BCUT2D eigenvalue weighted by molar-refractivity contribution is 0.317. The fraction of sp³-hybridized carbons (Fsp3) is 0.500. The lowest BCUT2D eigenvalue weighted by Gasteiger charge is -2.09. The van der Waals surface area contributed by atoms with E-state index < -0.39 is 0 Å². The Bertz CT molecular complexity index is 402. The minimum absolute atomic E-state index is 0.114. The second-order valence-corrected chi connectivity index (χ2v) is 4.12. The number of aromatic hydroxyl groups is 1. The third kappa shape index (κ3) is 3.95. The van der Waals surface area contributed by atoms with E-state index in [1.54, 1.807) is 18.2 Å². The van der Waals surface area contributed by atoms with Crippen molar-refractivity contribution in [1.82, 2.24) is 0 Å². The number of nitrogens with zero attached hydrogens (tertiary/aromatic N) is 1. The molecule has 0 aliphatic heterocycles. The molecule has 18 heavy (non-hydrogen) atoms. The first-order valence-electron chi connectivity index (χ1n) is 6.40. The number of hydrogen-bond acceptors (Lipinski definition) is 4. The molecule has 0 saturated heterocycles. The van der Waals surface area contributed by atoms with Gasteiger partial charge in [-0.1, -0.05) is 24.9 Å². The molecule has 0 radical (unpaired) electrons. The maximum atomic E-state index is 9.81. The highest BCUT2D eigenvalue weighted by Crippen LogP contribution is 2.25. The van der Waals surface area contributed by atoms with E-state index >= 15 is 0 Å². The van der Waals surface area contributed by atoms with Gasteiger partial charge in [0.1, 0.15) is 11.5 Å². The van der Waals surface area contributed by atoms with Crippen LogP contribution < -0.4 is 4.74 Å². The SMILES string of the molecule is CCCCC/C(=N\O)c1cc(OCC)ccc1O. The van der Waals surface area contributed by atoms with Crippen LogP contribution in [0.3, 0.4) is 0 Å². The van der Waals surface area contributed by atoms with Crippen molar-refractivity contribution in [2.24, 2.45) is 5.16 Å². The molecule has 0 amide bonds. The van der Waals surface area contributed by atoms with E-state index in [1.165, 1.54) is 0 Å². The molecule has 4 nitrogen and oxygen atoms in total. The van der Waals surface area contributed by atoms with Crippen LogP contribution >= 0.6 is 0 Å². The summed E-state index contributed by atoms with van der Waals surface area (Å²) >= 11 is 0. The van der Waals surface area contributed by atoms with Gasteiger partial charge in [0, 0.05) is 5.56 Å². The van der Waals surface area contributed by atoms with E-state index in [-0.39, 0.29) is 5.75 Å². The molecule has 1 rings (SSSR count). The molecule has 0 saturated carbocycles. The monoisotopic (exact) mass is 251 g/mol. The third-order valence-electron chi connectivity index (χ3n) is 2.73. The van der Waals surface area contributed by atoms with Gasteiger partial charge in [-0.05, 0) is 38.0 Å². The van der Waals surface area contributed by atoms with E-state index in [9.17, 15) is 5.11 Å². The van der Waals surface area contributed by atoms with Crippen LogP contribution in [0.15, 0.2) is 23.4 Å². The van der Waals surface area contributed by atoms with Crippen molar-refractivity contribution in [3.63, 3.8) is 0 Å². The number of phenolic OH excluding ortho intramolecular Hbond substituents is 1. The van der Waals surface area contributed by atoms with Gasteiger partial charge in [0.2, 0.25) is 0 Å². The van der Waals surface area contributed by atoms with Crippen LogP contribution in [0.5, 0.6) is 11.5 Å². The summed E-state index contributed by atoms with van der Waals surface area (Å²) in [4.78, 5) is 0. The Balaban J connectivity index is 2.87. The van der Waals surface area contributed by atoms with Gasteiger partial charge < -0.3 is 15.1 Å². The average Bonchev–Trinajstić information content (AvgIpc) is 2.38. The van der Waals surface area contributed by atoms with Crippen LogP contribution in [0.2, 0.25) is 0 Å². The number of hydrogen-bond donors (Lipinski definition) is 2. The number of benzene rings is 1. The molecule has 0 spiro atoms. The first-order chi connectivity index (χ1) is 8.72. The first kappa shape index (κ1) is 14.4. The molecular formula is C14H21NO3. The predicted molar refractivity (Wildman–Crippen MR) is 71.7 cm³/mol. The molecule has 0 bridgehead atoms. The second-order valence-electron chi connectivity index (χ2n) is 4.12. The largest absolute Gasteiger partial charge is 0.507 e. The van der Waals surface area contributed by atoms with Crippen molar-refractivity contribution in [2.45, 2.75) is 39.5 Å². The van der Waals surface area contributed by atoms with Crippen molar-refractivity contribution in [3.05, 3.63) is 23.8 Å². The zero-order chi connectivity index (χ0) is 13.4. The zero-order valence-corrected chi connectivity index (χ0v) is 11.0. The Hall–Kier alpha value is -1.71. The molecule has 0 heterocycles. The zero-order valence-electron chi connectivity index (χ0n) is 11.0. The van der Waals surface area contributed by atoms with Gasteiger partial charge in [-0.15, -0.1) is 0 Å². The summed E-state index contributed by atoms with van der Waals surface area (Å²) in [7, 11) is 0. The van der Waals surface area contributed by atoms with Crippen LogP contribution in [0.1, 0.15) is 45.1 Å². The van der Waals surface area contributed by atoms with Gasteiger partial charge in [-0.25, -0.2) is 0 Å². The molecule has 0 atom stereocenters. The molecule has 2 N–H and O–H groups in total. The number of phenols is 1. The van der Waals surface area contributed by atoms with Gasteiger partial charge in [-0.3, -0.25) is 0 Å². The van der Waals surface area contributed by atoms with Crippen molar-refractivity contribution < 1.29 is 15.1 Å². The summed E-state index contributed by atoms with van der Waals surface area (Å²) in [5.41, 5.74) is 1.04.